The van der Waals surface area contributed by atoms with Crippen LogP contribution in [-0.2, 0) is 19.1 Å². The van der Waals surface area contributed by atoms with E-state index in [0.29, 0.717) is 13.0 Å². The van der Waals surface area contributed by atoms with E-state index in [9.17, 15) is 19.5 Å². The normalized spacial score (nSPS) is 35.0. The number of carbonyl (C=O) groups is 3. The van der Waals surface area contributed by atoms with Gasteiger partial charge in [0.15, 0.2) is 0 Å². The largest absolute Gasteiger partial charge is 0.466 e. The Morgan fingerprint density at radius 2 is 2.00 bits per heavy atom. The van der Waals surface area contributed by atoms with E-state index in [1.807, 2.05) is 20.8 Å². The molecule has 7 atom stereocenters. The van der Waals surface area contributed by atoms with Crippen molar-refractivity contribution < 1.29 is 24.2 Å². The Labute approximate surface area is 196 Å². The second-order valence-electron chi connectivity index (χ2n) is 9.86. The molecular weight excluding hydrogens is 428 g/mol. The van der Waals surface area contributed by atoms with Gasteiger partial charge in [-0.2, -0.15) is 0 Å². The van der Waals surface area contributed by atoms with Crippen LogP contribution in [0.5, 0.6) is 0 Å². The molecule has 0 saturated carbocycles. The van der Waals surface area contributed by atoms with Gasteiger partial charge < -0.3 is 20.1 Å². The summed E-state index contributed by atoms with van der Waals surface area (Å²) in [7, 11) is 0. The van der Waals surface area contributed by atoms with Crippen molar-refractivity contribution in [3.05, 3.63) is 0 Å². The van der Waals surface area contributed by atoms with E-state index in [-0.39, 0.29) is 36.9 Å². The van der Waals surface area contributed by atoms with Crippen LogP contribution in [-0.4, -0.2) is 69.1 Å². The van der Waals surface area contributed by atoms with Gasteiger partial charge in [0.2, 0.25) is 11.8 Å². The maximum atomic E-state index is 14.0. The molecule has 2 bridgehead atoms. The number of carbonyl (C=O) groups excluding carboxylic acids is 3. The van der Waals surface area contributed by atoms with Gasteiger partial charge in [0, 0.05) is 11.3 Å². The zero-order valence-corrected chi connectivity index (χ0v) is 21.0. The molecule has 2 amide bonds. The number of rotatable bonds is 11. The first-order valence-corrected chi connectivity index (χ1v) is 13.1. The predicted octanol–water partition coefficient (Wildman–Crippen LogP) is 2.74. The minimum absolute atomic E-state index is 0.0356. The predicted molar refractivity (Wildman–Crippen MR) is 125 cm³/mol. The molecule has 3 aliphatic rings. The molecule has 1 spiro atoms. The van der Waals surface area contributed by atoms with E-state index >= 15 is 0 Å². The number of fused-ring (bicyclic) bond motifs is 1. The summed E-state index contributed by atoms with van der Waals surface area (Å²) in [6, 6.07) is -1.13. The number of aliphatic hydroxyl groups excluding tert-OH is 1. The molecule has 7 nitrogen and oxygen atoms in total. The van der Waals surface area contributed by atoms with Crippen LogP contribution >= 0.6 is 11.8 Å². The minimum Gasteiger partial charge on any atom is -0.466 e. The number of hydrogen-bond donors (Lipinski definition) is 2. The zero-order valence-electron chi connectivity index (χ0n) is 20.2. The quantitative estimate of drug-likeness (QED) is 0.358. The molecule has 0 aromatic heterocycles. The second kappa shape index (κ2) is 9.92. The molecule has 32 heavy (non-hydrogen) atoms. The number of amides is 2. The van der Waals surface area contributed by atoms with E-state index in [4.69, 9.17) is 4.74 Å². The highest BCUT2D eigenvalue weighted by Gasteiger charge is 2.78. The van der Waals surface area contributed by atoms with Crippen molar-refractivity contribution in [3.63, 3.8) is 0 Å². The van der Waals surface area contributed by atoms with Gasteiger partial charge in [-0.25, -0.2) is 0 Å². The van der Waals surface area contributed by atoms with E-state index in [0.717, 1.165) is 32.1 Å². The highest BCUT2D eigenvalue weighted by atomic mass is 32.2. The van der Waals surface area contributed by atoms with Gasteiger partial charge in [-0.3, -0.25) is 14.4 Å². The number of aliphatic hydroxyl groups is 1. The first kappa shape index (κ1) is 25.3. The number of hydrogen-bond acceptors (Lipinski definition) is 6. The minimum atomic E-state index is -0.681. The van der Waals surface area contributed by atoms with E-state index < -0.39 is 33.4 Å². The van der Waals surface area contributed by atoms with Gasteiger partial charge in [-0.1, -0.05) is 40.0 Å². The Balaban J connectivity index is 2.02. The van der Waals surface area contributed by atoms with Gasteiger partial charge in [-0.15, -0.1) is 11.8 Å². The van der Waals surface area contributed by atoms with Crippen molar-refractivity contribution >= 4 is 29.5 Å². The lowest BCUT2D eigenvalue weighted by Crippen LogP contribution is -2.57. The standard InChI is InChI=1S/C24H40N2O5S/c1-6-9-10-13-25-20(28)19-24-12-11-23(5,32-24)18(22(30)31-8-3)17(24)21(29)26(19)16(14-27)15(4)7-2/h15-19,27H,6-14H2,1-5H3,(H,25,28)/t15-,16-,17-,18+,19?,23-,24?/m0/s1. The van der Waals surface area contributed by atoms with Gasteiger partial charge >= 0.3 is 5.97 Å². The van der Waals surface area contributed by atoms with Gasteiger partial charge in [0.1, 0.15) is 6.04 Å². The van der Waals surface area contributed by atoms with Crippen LogP contribution in [0.15, 0.2) is 0 Å². The average molecular weight is 469 g/mol. The molecule has 3 saturated heterocycles. The maximum Gasteiger partial charge on any atom is 0.311 e. The zero-order chi connectivity index (χ0) is 23.7. The lowest BCUT2D eigenvalue weighted by atomic mass is 9.66. The summed E-state index contributed by atoms with van der Waals surface area (Å²) in [5.74, 6) is -1.78. The first-order chi connectivity index (χ1) is 15.2. The molecule has 0 aromatic rings. The summed E-state index contributed by atoms with van der Waals surface area (Å²) in [4.78, 5) is 42.2. The number of unbranched alkanes of at least 4 members (excludes halogenated alkanes) is 2. The Bertz CT molecular complexity index is 733. The Morgan fingerprint density at radius 1 is 1.28 bits per heavy atom. The lowest BCUT2D eigenvalue weighted by molar-refractivity contribution is -0.155. The molecular formula is C24H40N2O5S. The fourth-order valence-corrected chi connectivity index (χ4v) is 8.44. The van der Waals surface area contributed by atoms with Crippen molar-refractivity contribution in [1.82, 2.24) is 10.2 Å². The Morgan fingerprint density at radius 3 is 2.59 bits per heavy atom. The first-order valence-electron chi connectivity index (χ1n) is 12.3. The number of ether oxygens (including phenoxy) is 1. The highest BCUT2D eigenvalue weighted by Crippen LogP contribution is 2.71. The molecule has 2 N–H and O–H groups in total. The monoisotopic (exact) mass is 468 g/mol. The summed E-state index contributed by atoms with van der Waals surface area (Å²) < 4.78 is 4.34. The molecule has 3 heterocycles. The number of likely N-dealkylation sites (tertiary alicyclic amines) is 1. The average Bonchev–Trinajstić information content (AvgIpc) is 3.33. The van der Waals surface area contributed by atoms with Crippen LogP contribution in [0.4, 0.5) is 0 Å². The lowest BCUT2D eigenvalue weighted by Gasteiger charge is -2.39. The molecule has 3 rings (SSSR count). The number of nitrogens with zero attached hydrogens (tertiary/aromatic N) is 1. The summed E-state index contributed by atoms with van der Waals surface area (Å²) in [6.07, 6.45) is 5.25. The van der Waals surface area contributed by atoms with Gasteiger partial charge in [0.05, 0.1) is 35.8 Å². The molecule has 3 aliphatic heterocycles. The Kier molecular flexibility index (Phi) is 7.85. The second-order valence-corrected chi connectivity index (χ2v) is 11.8. The summed E-state index contributed by atoms with van der Waals surface area (Å²) in [5, 5.41) is 13.3. The molecule has 182 valence electrons. The van der Waals surface area contributed by atoms with Crippen LogP contribution in [0.2, 0.25) is 0 Å². The third kappa shape index (κ3) is 3.95. The molecule has 3 fully saturated rings. The number of esters is 1. The van der Waals surface area contributed by atoms with E-state index in [2.05, 4.69) is 12.2 Å². The third-order valence-corrected chi connectivity index (χ3v) is 9.91. The fourth-order valence-electron chi connectivity index (χ4n) is 6.11. The fraction of sp³-hybridized carbons (Fsp3) is 0.875. The van der Waals surface area contributed by atoms with Crippen LogP contribution < -0.4 is 5.32 Å². The summed E-state index contributed by atoms with van der Waals surface area (Å²) in [5.41, 5.74) is 0. The maximum absolute atomic E-state index is 14.0. The van der Waals surface area contributed by atoms with Crippen LogP contribution in [0, 0.1) is 17.8 Å². The topological polar surface area (TPSA) is 95.9 Å². The Hall–Kier alpha value is -1.28. The van der Waals surface area contributed by atoms with Crippen molar-refractivity contribution in [1.29, 1.82) is 0 Å². The highest BCUT2D eigenvalue weighted by molar-refractivity contribution is 8.02. The van der Waals surface area contributed by atoms with Gasteiger partial charge in [-0.05, 0) is 39.0 Å². The van der Waals surface area contributed by atoms with Crippen molar-refractivity contribution in [2.45, 2.75) is 94.7 Å². The molecule has 0 aromatic carbocycles. The van der Waals surface area contributed by atoms with E-state index in [1.54, 1.807) is 23.6 Å². The van der Waals surface area contributed by atoms with Crippen molar-refractivity contribution in [3.8, 4) is 0 Å². The third-order valence-electron chi connectivity index (χ3n) is 7.93. The number of thioether (sulfide) groups is 1. The molecule has 0 aliphatic carbocycles. The van der Waals surface area contributed by atoms with Crippen molar-refractivity contribution in [2.24, 2.45) is 17.8 Å². The molecule has 8 heteroatoms. The van der Waals surface area contributed by atoms with Crippen LogP contribution in [0.3, 0.4) is 0 Å². The van der Waals surface area contributed by atoms with E-state index in [1.165, 1.54) is 0 Å². The molecule has 0 radical (unpaired) electrons. The van der Waals surface area contributed by atoms with Crippen LogP contribution in [0.25, 0.3) is 0 Å². The van der Waals surface area contributed by atoms with Gasteiger partial charge in [0.25, 0.3) is 0 Å². The summed E-state index contributed by atoms with van der Waals surface area (Å²) in [6.45, 7) is 10.6. The molecule has 2 unspecified atom stereocenters. The van der Waals surface area contributed by atoms with Crippen molar-refractivity contribution in [2.75, 3.05) is 19.8 Å². The van der Waals surface area contributed by atoms with Crippen LogP contribution in [0.1, 0.15) is 73.1 Å². The smallest absolute Gasteiger partial charge is 0.311 e. The number of nitrogens with one attached hydrogen (secondary N) is 1. The SMILES string of the molecule is CCCCCNC(=O)C1N([C@@H](CO)[C@@H](C)CC)C(=O)[C@@H]2[C@H](C(=O)OCC)[C@]3(C)CCC12S3. The summed E-state index contributed by atoms with van der Waals surface area (Å²) >= 11 is 1.64.